The molecule has 2 atom stereocenters. The molecule has 0 aromatic heterocycles. The van der Waals surface area contributed by atoms with Crippen molar-refractivity contribution < 1.29 is 8.42 Å². The molecule has 2 fully saturated rings. The van der Waals surface area contributed by atoms with E-state index in [1.165, 1.54) is 32.1 Å². The Hall–Kier alpha value is 0.390. The van der Waals surface area contributed by atoms with Gasteiger partial charge >= 0.3 is 0 Å². The van der Waals surface area contributed by atoms with Crippen molar-refractivity contribution in [3.8, 4) is 0 Å². The molecule has 18 heavy (non-hydrogen) atoms. The third kappa shape index (κ3) is 4.49. The van der Waals surface area contributed by atoms with Crippen LogP contribution in [0, 0.1) is 11.8 Å². The van der Waals surface area contributed by atoms with Gasteiger partial charge in [0.1, 0.15) is 0 Å². The summed E-state index contributed by atoms with van der Waals surface area (Å²) in [5.74, 6) is 1.21. The molecule has 2 rings (SSSR count). The zero-order valence-corrected chi connectivity index (χ0v) is 13.3. The van der Waals surface area contributed by atoms with E-state index in [-0.39, 0.29) is 0 Å². The molecule has 106 valence electrons. The quantitative estimate of drug-likeness (QED) is 0.783. The van der Waals surface area contributed by atoms with E-state index in [1.54, 1.807) is 0 Å². The average molecular weight is 338 g/mol. The third-order valence-electron chi connectivity index (χ3n) is 4.31. The molecule has 3 nitrogen and oxygen atoms in total. The van der Waals surface area contributed by atoms with Crippen LogP contribution in [-0.2, 0) is 10.0 Å². The highest BCUT2D eigenvalue weighted by atomic mass is 79.9. The Bertz CT molecular complexity index is 352. The molecule has 0 aromatic rings. The van der Waals surface area contributed by atoms with Crippen molar-refractivity contribution in [2.75, 3.05) is 12.3 Å². The number of nitrogens with one attached hydrogen (secondary N) is 1. The molecule has 5 heteroatoms. The van der Waals surface area contributed by atoms with E-state index in [0.29, 0.717) is 29.0 Å². The van der Waals surface area contributed by atoms with Crippen molar-refractivity contribution in [1.29, 1.82) is 0 Å². The number of halogens is 1. The van der Waals surface area contributed by atoms with Gasteiger partial charge in [-0.3, -0.25) is 0 Å². The van der Waals surface area contributed by atoms with Crippen molar-refractivity contribution in [3.63, 3.8) is 0 Å². The van der Waals surface area contributed by atoms with Gasteiger partial charge in [-0.1, -0.05) is 41.6 Å². The maximum atomic E-state index is 12.0. The van der Waals surface area contributed by atoms with Crippen LogP contribution in [0.2, 0.25) is 0 Å². The first-order chi connectivity index (χ1) is 8.57. The Morgan fingerprint density at radius 1 is 1.00 bits per heavy atom. The number of hydrogen-bond acceptors (Lipinski definition) is 2. The Labute approximate surface area is 119 Å². The molecule has 0 heterocycles. The van der Waals surface area contributed by atoms with Crippen molar-refractivity contribution in [1.82, 2.24) is 4.72 Å². The SMILES string of the molecule is O=S(=O)(CC1CCCCC1)NCC1CCCC1Br. The molecule has 0 aromatic carbocycles. The highest BCUT2D eigenvalue weighted by Crippen LogP contribution is 2.31. The molecular formula is C13H24BrNO2S. The number of alkyl halides is 1. The van der Waals surface area contributed by atoms with Gasteiger partial charge in [0, 0.05) is 11.4 Å². The molecule has 2 aliphatic rings. The Morgan fingerprint density at radius 3 is 2.33 bits per heavy atom. The van der Waals surface area contributed by atoms with Crippen LogP contribution in [0.4, 0.5) is 0 Å². The van der Waals surface area contributed by atoms with Crippen LogP contribution < -0.4 is 4.72 Å². The maximum Gasteiger partial charge on any atom is 0.211 e. The predicted molar refractivity (Wildman–Crippen MR) is 78.4 cm³/mol. The molecule has 0 bridgehead atoms. The topological polar surface area (TPSA) is 46.2 Å². The fourth-order valence-electron chi connectivity index (χ4n) is 3.18. The summed E-state index contributed by atoms with van der Waals surface area (Å²) < 4.78 is 26.9. The normalized spacial score (nSPS) is 30.7. The molecular weight excluding hydrogens is 314 g/mol. The van der Waals surface area contributed by atoms with Gasteiger partial charge in [0.05, 0.1) is 5.75 Å². The van der Waals surface area contributed by atoms with Gasteiger partial charge in [-0.2, -0.15) is 0 Å². The minimum atomic E-state index is -3.06. The maximum absolute atomic E-state index is 12.0. The second-order valence-corrected chi connectivity index (χ2v) is 8.87. The second-order valence-electron chi connectivity index (χ2n) is 5.84. The van der Waals surface area contributed by atoms with Crippen LogP contribution in [0.15, 0.2) is 0 Å². The molecule has 1 N–H and O–H groups in total. The first-order valence-electron chi connectivity index (χ1n) is 7.18. The van der Waals surface area contributed by atoms with Gasteiger partial charge in [0.25, 0.3) is 0 Å². The summed E-state index contributed by atoms with van der Waals surface area (Å²) in [5.41, 5.74) is 0. The van der Waals surface area contributed by atoms with Crippen LogP contribution in [0.3, 0.4) is 0 Å². The van der Waals surface area contributed by atoms with Crippen molar-refractivity contribution in [3.05, 3.63) is 0 Å². The lowest BCUT2D eigenvalue weighted by Crippen LogP contribution is -2.35. The molecule has 0 saturated heterocycles. The van der Waals surface area contributed by atoms with Crippen LogP contribution in [-0.4, -0.2) is 25.5 Å². The summed E-state index contributed by atoms with van der Waals surface area (Å²) in [5, 5.41) is 0. The summed E-state index contributed by atoms with van der Waals surface area (Å²) in [6, 6.07) is 0. The zero-order valence-electron chi connectivity index (χ0n) is 10.9. The standard InChI is InChI=1S/C13H24BrNO2S/c14-13-8-4-7-12(13)9-15-18(16,17)10-11-5-2-1-3-6-11/h11-13,15H,1-10H2. The van der Waals surface area contributed by atoms with E-state index in [4.69, 9.17) is 0 Å². The van der Waals surface area contributed by atoms with E-state index in [9.17, 15) is 8.42 Å². The van der Waals surface area contributed by atoms with E-state index in [0.717, 1.165) is 19.3 Å². The van der Waals surface area contributed by atoms with Gasteiger partial charge < -0.3 is 0 Å². The average Bonchev–Trinajstić information content (AvgIpc) is 2.73. The Balaban J connectivity index is 1.76. The van der Waals surface area contributed by atoms with Crippen molar-refractivity contribution in [2.24, 2.45) is 11.8 Å². The van der Waals surface area contributed by atoms with Gasteiger partial charge in [-0.25, -0.2) is 13.1 Å². The molecule has 2 aliphatic carbocycles. The summed E-state index contributed by atoms with van der Waals surface area (Å²) in [6.45, 7) is 0.616. The van der Waals surface area contributed by atoms with Crippen LogP contribution >= 0.6 is 15.9 Å². The van der Waals surface area contributed by atoms with Crippen molar-refractivity contribution in [2.45, 2.75) is 56.2 Å². The van der Waals surface area contributed by atoms with E-state index < -0.39 is 10.0 Å². The minimum absolute atomic E-state index is 0.340. The summed E-state index contributed by atoms with van der Waals surface area (Å²) >= 11 is 3.64. The fourth-order valence-corrected chi connectivity index (χ4v) is 5.49. The second kappa shape index (κ2) is 6.71. The fraction of sp³-hybridized carbons (Fsp3) is 1.00. The Morgan fingerprint density at radius 2 is 1.72 bits per heavy atom. The smallest absolute Gasteiger partial charge is 0.211 e. The summed E-state index contributed by atoms with van der Waals surface area (Å²) in [7, 11) is -3.06. The van der Waals surface area contributed by atoms with Gasteiger partial charge in [0.15, 0.2) is 0 Å². The predicted octanol–water partition coefficient (Wildman–Crippen LogP) is 3.05. The molecule has 0 aliphatic heterocycles. The third-order valence-corrected chi connectivity index (χ3v) is 7.03. The largest absolute Gasteiger partial charge is 0.215 e. The lowest BCUT2D eigenvalue weighted by Gasteiger charge is -2.22. The highest BCUT2D eigenvalue weighted by molar-refractivity contribution is 9.09. The molecule has 0 amide bonds. The molecule has 0 radical (unpaired) electrons. The lowest BCUT2D eigenvalue weighted by atomic mass is 9.91. The number of hydrogen-bond donors (Lipinski definition) is 1. The van der Waals surface area contributed by atoms with Crippen LogP contribution in [0.5, 0.6) is 0 Å². The molecule has 2 unspecified atom stereocenters. The number of sulfonamides is 1. The number of rotatable bonds is 5. The van der Waals surface area contributed by atoms with Crippen molar-refractivity contribution >= 4 is 26.0 Å². The molecule has 0 spiro atoms. The van der Waals surface area contributed by atoms with E-state index >= 15 is 0 Å². The highest BCUT2D eigenvalue weighted by Gasteiger charge is 2.27. The zero-order chi connectivity index (χ0) is 13.0. The van der Waals surface area contributed by atoms with E-state index in [2.05, 4.69) is 20.7 Å². The van der Waals surface area contributed by atoms with Crippen LogP contribution in [0.1, 0.15) is 51.4 Å². The first kappa shape index (κ1) is 14.8. The first-order valence-corrected chi connectivity index (χ1v) is 9.75. The van der Waals surface area contributed by atoms with Gasteiger partial charge in [0.2, 0.25) is 10.0 Å². The Kier molecular flexibility index (Phi) is 5.51. The summed E-state index contributed by atoms with van der Waals surface area (Å²) in [6.07, 6.45) is 9.38. The summed E-state index contributed by atoms with van der Waals surface area (Å²) in [4.78, 5) is 0.495. The van der Waals surface area contributed by atoms with Crippen LogP contribution in [0.25, 0.3) is 0 Å². The minimum Gasteiger partial charge on any atom is -0.215 e. The monoisotopic (exact) mass is 337 g/mol. The lowest BCUT2D eigenvalue weighted by molar-refractivity contribution is 0.383. The van der Waals surface area contributed by atoms with E-state index in [1.807, 2.05) is 0 Å². The molecule has 2 saturated carbocycles. The van der Waals surface area contributed by atoms with Gasteiger partial charge in [-0.15, -0.1) is 0 Å². The van der Waals surface area contributed by atoms with Gasteiger partial charge in [-0.05, 0) is 37.5 Å².